The van der Waals surface area contributed by atoms with Gasteiger partial charge in [-0.15, -0.1) is 0 Å². The molecule has 1 N–H and O–H groups in total. The summed E-state index contributed by atoms with van der Waals surface area (Å²) in [6.07, 6.45) is -0.192. The first-order chi connectivity index (χ1) is 10.8. The van der Waals surface area contributed by atoms with Crippen LogP contribution in [0.4, 0.5) is 4.79 Å². The molecule has 1 aromatic carbocycles. The van der Waals surface area contributed by atoms with E-state index in [0.717, 1.165) is 10.8 Å². The molecule has 3 rings (SSSR count). The molecule has 0 saturated heterocycles. The van der Waals surface area contributed by atoms with Crippen molar-refractivity contribution in [1.29, 1.82) is 0 Å². The summed E-state index contributed by atoms with van der Waals surface area (Å²) in [5, 5.41) is 10.2. The van der Waals surface area contributed by atoms with E-state index in [1.54, 1.807) is 36.4 Å². The highest BCUT2D eigenvalue weighted by Gasteiger charge is 2.22. The Bertz CT molecular complexity index is 1040. The van der Waals surface area contributed by atoms with Crippen LogP contribution in [-0.4, -0.2) is 35.4 Å². The number of aromatic nitrogens is 2. The third-order valence-electron chi connectivity index (χ3n) is 3.37. The summed E-state index contributed by atoms with van der Waals surface area (Å²) in [6, 6.07) is 11.0. The summed E-state index contributed by atoms with van der Waals surface area (Å²) in [7, 11) is -3.52. The monoisotopic (exact) mass is 350 g/mol. The number of fused-ring (bicyclic) bond motifs is 1. The van der Waals surface area contributed by atoms with E-state index in [1.165, 1.54) is 6.07 Å². The predicted molar refractivity (Wildman–Crippen MR) is 86.7 cm³/mol. The number of halogens is 1. The molecule has 118 valence electrons. The maximum Gasteiger partial charge on any atom is 0.417 e. The van der Waals surface area contributed by atoms with E-state index < -0.39 is 15.9 Å². The Morgan fingerprint density at radius 3 is 2.57 bits per heavy atom. The van der Waals surface area contributed by atoms with Gasteiger partial charge in [0.25, 0.3) is 0 Å². The molecular weight excluding hydrogens is 340 g/mol. The van der Waals surface area contributed by atoms with Crippen molar-refractivity contribution in [2.24, 2.45) is 0 Å². The largest absolute Gasteiger partial charge is 0.464 e. The zero-order chi connectivity index (χ0) is 16.8. The summed E-state index contributed by atoms with van der Waals surface area (Å²) in [6.45, 7) is 0. The number of hydrogen-bond donors (Lipinski definition) is 1. The van der Waals surface area contributed by atoms with Crippen molar-refractivity contribution in [3.8, 4) is 11.3 Å². The number of sulfone groups is 1. The third kappa shape index (κ3) is 2.69. The van der Waals surface area contributed by atoms with E-state index in [0.29, 0.717) is 10.9 Å². The summed E-state index contributed by atoms with van der Waals surface area (Å²) in [5.41, 5.74) is 0.679. The Morgan fingerprint density at radius 2 is 1.91 bits per heavy atom. The lowest BCUT2D eigenvalue weighted by molar-refractivity contribution is 0.197. The molecule has 3 aromatic rings. The van der Waals surface area contributed by atoms with Crippen LogP contribution in [0.2, 0.25) is 5.15 Å². The second kappa shape index (κ2) is 5.36. The number of nitrogens with zero attached hydrogens (tertiary/aromatic N) is 2. The predicted octanol–water partition coefficient (Wildman–Crippen LogP) is 3.29. The third-order valence-corrected chi connectivity index (χ3v) is 4.74. The van der Waals surface area contributed by atoms with Crippen LogP contribution in [0.1, 0.15) is 0 Å². The van der Waals surface area contributed by atoms with Gasteiger partial charge in [0.05, 0.1) is 10.6 Å². The lowest BCUT2D eigenvalue weighted by Gasteiger charge is -2.09. The molecule has 0 unspecified atom stereocenters. The number of rotatable bonds is 2. The van der Waals surface area contributed by atoms with Gasteiger partial charge in [-0.2, -0.15) is 0 Å². The molecule has 0 aliphatic heterocycles. The van der Waals surface area contributed by atoms with E-state index in [4.69, 9.17) is 11.6 Å². The maximum absolute atomic E-state index is 12.0. The Labute approximate surface area is 136 Å². The highest BCUT2D eigenvalue weighted by Crippen LogP contribution is 2.32. The van der Waals surface area contributed by atoms with Gasteiger partial charge in [-0.25, -0.2) is 22.8 Å². The summed E-state index contributed by atoms with van der Waals surface area (Å²) in [5.74, 6) is 0. The molecule has 6 nitrogen and oxygen atoms in total. The smallest absolute Gasteiger partial charge is 0.417 e. The van der Waals surface area contributed by atoms with Gasteiger partial charge in [0, 0.05) is 17.2 Å². The first kappa shape index (κ1) is 15.5. The fourth-order valence-corrected chi connectivity index (χ4v) is 3.49. The van der Waals surface area contributed by atoms with Gasteiger partial charge in [-0.1, -0.05) is 29.8 Å². The van der Waals surface area contributed by atoms with Crippen molar-refractivity contribution in [1.82, 2.24) is 9.55 Å². The van der Waals surface area contributed by atoms with Crippen molar-refractivity contribution >= 4 is 38.6 Å². The standard InChI is InChI=1S/C15H11ClN2O4S/c1-23(21,22)12-5-3-2-4-10(12)11-8-9-6-7-13(16)17-14(9)18(11)15(19)20/h2-8H,1H3,(H,19,20). The van der Waals surface area contributed by atoms with Crippen molar-refractivity contribution in [3.63, 3.8) is 0 Å². The molecule has 2 aromatic heterocycles. The fourth-order valence-electron chi connectivity index (χ4n) is 2.45. The maximum atomic E-state index is 12.0. The van der Waals surface area contributed by atoms with E-state index >= 15 is 0 Å². The average Bonchev–Trinajstić information content (AvgIpc) is 2.84. The van der Waals surface area contributed by atoms with Crippen molar-refractivity contribution in [2.75, 3.05) is 6.26 Å². The minimum absolute atomic E-state index is 0.0522. The number of hydrogen-bond acceptors (Lipinski definition) is 4. The average molecular weight is 351 g/mol. The number of pyridine rings is 1. The highest BCUT2D eigenvalue weighted by molar-refractivity contribution is 7.90. The van der Waals surface area contributed by atoms with Crippen LogP contribution in [0, 0.1) is 0 Å². The van der Waals surface area contributed by atoms with E-state index in [2.05, 4.69) is 4.98 Å². The Morgan fingerprint density at radius 1 is 1.22 bits per heavy atom. The zero-order valence-electron chi connectivity index (χ0n) is 11.9. The molecule has 0 fully saturated rings. The summed E-state index contributed by atoms with van der Waals surface area (Å²) >= 11 is 5.84. The molecule has 2 heterocycles. The van der Waals surface area contributed by atoms with Gasteiger partial charge in [0.1, 0.15) is 5.15 Å². The topological polar surface area (TPSA) is 89.3 Å². The van der Waals surface area contributed by atoms with Crippen molar-refractivity contribution < 1.29 is 18.3 Å². The van der Waals surface area contributed by atoms with Crippen LogP contribution < -0.4 is 0 Å². The first-order valence-electron chi connectivity index (χ1n) is 6.50. The minimum Gasteiger partial charge on any atom is -0.464 e. The lowest BCUT2D eigenvalue weighted by atomic mass is 10.1. The van der Waals surface area contributed by atoms with Crippen LogP contribution >= 0.6 is 11.6 Å². The Balaban J connectivity index is 2.43. The normalized spacial score (nSPS) is 11.7. The molecule has 8 heteroatoms. The second-order valence-corrected chi connectivity index (χ2v) is 7.33. The van der Waals surface area contributed by atoms with Crippen molar-refractivity contribution in [2.45, 2.75) is 4.90 Å². The molecule has 0 atom stereocenters. The van der Waals surface area contributed by atoms with Crippen LogP contribution in [-0.2, 0) is 9.84 Å². The van der Waals surface area contributed by atoms with Gasteiger partial charge < -0.3 is 5.11 Å². The molecular formula is C15H11ClN2O4S. The van der Waals surface area contributed by atoms with E-state index in [-0.39, 0.29) is 21.4 Å². The molecule has 0 saturated carbocycles. The first-order valence-corrected chi connectivity index (χ1v) is 8.77. The van der Waals surface area contributed by atoms with E-state index in [9.17, 15) is 18.3 Å². The fraction of sp³-hybridized carbons (Fsp3) is 0.0667. The minimum atomic E-state index is -3.52. The highest BCUT2D eigenvalue weighted by atomic mass is 35.5. The van der Waals surface area contributed by atoms with Gasteiger partial charge in [0.2, 0.25) is 0 Å². The number of carbonyl (C=O) groups is 1. The van der Waals surface area contributed by atoms with Crippen LogP contribution in [0.15, 0.2) is 47.4 Å². The quantitative estimate of drug-likeness (QED) is 0.716. The number of benzene rings is 1. The molecule has 0 aliphatic carbocycles. The molecule has 0 bridgehead atoms. The molecule has 0 aliphatic rings. The molecule has 0 amide bonds. The molecule has 23 heavy (non-hydrogen) atoms. The lowest BCUT2D eigenvalue weighted by Crippen LogP contribution is -2.11. The zero-order valence-corrected chi connectivity index (χ0v) is 13.5. The summed E-state index contributed by atoms with van der Waals surface area (Å²) in [4.78, 5) is 15.8. The van der Waals surface area contributed by atoms with Gasteiger partial charge in [0.15, 0.2) is 15.5 Å². The van der Waals surface area contributed by atoms with Crippen molar-refractivity contribution in [3.05, 3.63) is 47.6 Å². The number of carboxylic acid groups (broad SMARTS) is 1. The molecule has 0 radical (unpaired) electrons. The van der Waals surface area contributed by atoms with E-state index in [1.807, 2.05) is 0 Å². The Kier molecular flexibility index (Phi) is 3.62. The van der Waals surface area contributed by atoms with Crippen LogP contribution in [0.5, 0.6) is 0 Å². The molecule has 0 spiro atoms. The van der Waals surface area contributed by atoms with Crippen LogP contribution in [0.3, 0.4) is 0 Å². The Hall–Kier alpha value is -2.38. The van der Waals surface area contributed by atoms with Gasteiger partial charge >= 0.3 is 6.09 Å². The van der Waals surface area contributed by atoms with Gasteiger partial charge in [-0.05, 0) is 24.3 Å². The summed E-state index contributed by atoms with van der Waals surface area (Å²) < 4.78 is 24.9. The van der Waals surface area contributed by atoms with Crippen LogP contribution in [0.25, 0.3) is 22.3 Å². The second-order valence-electron chi connectivity index (χ2n) is 4.96. The SMILES string of the molecule is CS(=O)(=O)c1ccccc1-c1cc2ccc(Cl)nc2n1C(=O)O. The van der Waals surface area contributed by atoms with Gasteiger partial charge in [-0.3, -0.25) is 0 Å².